The molecule has 6 nitrogen and oxygen atoms in total. The van der Waals surface area contributed by atoms with Crippen LogP contribution in [0.25, 0.3) is 11.3 Å². The predicted octanol–water partition coefficient (Wildman–Crippen LogP) is 4.14. The van der Waals surface area contributed by atoms with E-state index in [9.17, 15) is 0 Å². The van der Waals surface area contributed by atoms with Crippen molar-refractivity contribution in [3.8, 4) is 11.3 Å². The fourth-order valence-electron chi connectivity index (χ4n) is 3.15. The van der Waals surface area contributed by atoms with Gasteiger partial charge in [-0.05, 0) is 65.5 Å². The van der Waals surface area contributed by atoms with E-state index in [-0.39, 0.29) is 0 Å². The first-order chi connectivity index (χ1) is 13.7. The Kier molecular flexibility index (Phi) is 5.92. The van der Waals surface area contributed by atoms with Crippen LogP contribution in [0.5, 0.6) is 0 Å². The monoisotopic (exact) mass is 487 g/mol. The van der Waals surface area contributed by atoms with Crippen molar-refractivity contribution in [2.45, 2.75) is 0 Å². The Bertz CT molecular complexity index is 932. The highest BCUT2D eigenvalue weighted by Crippen LogP contribution is 2.27. The Morgan fingerprint density at radius 3 is 2.57 bits per heavy atom. The smallest absolute Gasteiger partial charge is 0.181 e. The molecule has 2 aromatic carbocycles. The molecule has 7 heteroatoms. The molecule has 0 amide bonds. The number of benzene rings is 2. The van der Waals surface area contributed by atoms with Gasteiger partial charge in [-0.15, -0.1) is 0 Å². The van der Waals surface area contributed by atoms with E-state index in [0.29, 0.717) is 0 Å². The Balaban J connectivity index is 1.36. The highest BCUT2D eigenvalue weighted by atomic mass is 127. The van der Waals surface area contributed by atoms with E-state index < -0.39 is 0 Å². The first-order valence-corrected chi connectivity index (χ1v) is 10.3. The number of halogens is 1. The maximum absolute atomic E-state index is 5.37. The maximum Gasteiger partial charge on any atom is 0.181 e. The molecule has 144 valence electrons. The SMILES string of the molecule is CN1CCN(c2ccc(/C=N/Nc3ccc(-c4cnco4)c(I)c3)cc2)CC1. The van der Waals surface area contributed by atoms with Crippen LogP contribution >= 0.6 is 22.6 Å². The summed E-state index contributed by atoms with van der Waals surface area (Å²) in [6.45, 7) is 4.38. The largest absolute Gasteiger partial charge is 0.443 e. The van der Waals surface area contributed by atoms with E-state index in [1.807, 2.05) is 24.4 Å². The summed E-state index contributed by atoms with van der Waals surface area (Å²) in [6, 6.07) is 14.6. The summed E-state index contributed by atoms with van der Waals surface area (Å²) in [6.07, 6.45) is 5.00. The molecule has 0 saturated carbocycles. The summed E-state index contributed by atoms with van der Waals surface area (Å²) >= 11 is 2.29. The van der Waals surface area contributed by atoms with Crippen molar-refractivity contribution in [3.05, 3.63) is 64.2 Å². The number of anilines is 2. The number of hydrogen-bond donors (Lipinski definition) is 1. The zero-order chi connectivity index (χ0) is 19.3. The van der Waals surface area contributed by atoms with Crippen molar-refractivity contribution in [2.75, 3.05) is 43.6 Å². The zero-order valence-electron chi connectivity index (χ0n) is 15.7. The highest BCUT2D eigenvalue weighted by Gasteiger charge is 2.13. The van der Waals surface area contributed by atoms with Crippen molar-refractivity contribution in [1.82, 2.24) is 9.88 Å². The predicted molar refractivity (Wildman–Crippen MR) is 122 cm³/mol. The molecule has 28 heavy (non-hydrogen) atoms. The molecule has 1 saturated heterocycles. The van der Waals surface area contributed by atoms with Crippen LogP contribution in [0.2, 0.25) is 0 Å². The molecule has 3 aromatic rings. The van der Waals surface area contributed by atoms with Gasteiger partial charge in [0.25, 0.3) is 0 Å². The van der Waals surface area contributed by atoms with Gasteiger partial charge in [0.1, 0.15) is 0 Å². The lowest BCUT2D eigenvalue weighted by Gasteiger charge is -2.34. The minimum atomic E-state index is 0.764. The van der Waals surface area contributed by atoms with Gasteiger partial charge in [-0.25, -0.2) is 4.98 Å². The second-order valence-corrected chi connectivity index (χ2v) is 7.97. The van der Waals surface area contributed by atoms with Gasteiger partial charge in [0.05, 0.1) is 18.1 Å². The average Bonchev–Trinajstić information content (AvgIpc) is 3.24. The van der Waals surface area contributed by atoms with Gasteiger partial charge in [-0.2, -0.15) is 5.10 Å². The molecule has 0 radical (unpaired) electrons. The van der Waals surface area contributed by atoms with Crippen molar-refractivity contribution >= 4 is 40.2 Å². The molecular weight excluding hydrogens is 465 g/mol. The van der Waals surface area contributed by atoms with Crippen LogP contribution in [0.4, 0.5) is 11.4 Å². The van der Waals surface area contributed by atoms with Gasteiger partial charge in [0.2, 0.25) is 0 Å². The number of likely N-dealkylation sites (N-methyl/N-ethyl adjacent to an activating group) is 1. The van der Waals surface area contributed by atoms with Gasteiger partial charge in [0, 0.05) is 41.0 Å². The van der Waals surface area contributed by atoms with Crippen LogP contribution in [0, 0.1) is 3.57 Å². The molecule has 1 aliphatic rings. The molecule has 1 N–H and O–H groups in total. The molecule has 0 unspecified atom stereocenters. The number of aromatic nitrogens is 1. The van der Waals surface area contributed by atoms with Crippen molar-refractivity contribution in [2.24, 2.45) is 5.10 Å². The first-order valence-electron chi connectivity index (χ1n) is 9.20. The number of nitrogens with one attached hydrogen (secondary N) is 1. The number of rotatable bonds is 5. The quantitative estimate of drug-likeness (QED) is 0.333. The van der Waals surface area contributed by atoms with Gasteiger partial charge >= 0.3 is 0 Å². The number of hydrazone groups is 1. The third kappa shape index (κ3) is 4.53. The number of oxazole rings is 1. The fourth-order valence-corrected chi connectivity index (χ4v) is 3.93. The number of piperazine rings is 1. The second-order valence-electron chi connectivity index (χ2n) is 6.81. The van der Waals surface area contributed by atoms with Crippen LogP contribution < -0.4 is 10.3 Å². The lowest BCUT2D eigenvalue weighted by atomic mass is 10.2. The van der Waals surface area contributed by atoms with Crippen LogP contribution in [0.3, 0.4) is 0 Å². The van der Waals surface area contributed by atoms with Crippen LogP contribution in [0.1, 0.15) is 5.56 Å². The summed E-state index contributed by atoms with van der Waals surface area (Å²) in [5.41, 5.74) is 7.38. The lowest BCUT2D eigenvalue weighted by molar-refractivity contribution is 0.313. The fraction of sp³-hybridized carbons (Fsp3) is 0.238. The lowest BCUT2D eigenvalue weighted by Crippen LogP contribution is -2.44. The normalized spacial score (nSPS) is 15.3. The second kappa shape index (κ2) is 8.74. The molecule has 1 fully saturated rings. The Hall–Kier alpha value is -2.39. The van der Waals surface area contributed by atoms with E-state index in [1.54, 1.807) is 6.20 Å². The van der Waals surface area contributed by atoms with E-state index >= 15 is 0 Å². The first kappa shape index (κ1) is 18.9. The standard InChI is InChI=1S/C21H22IN5O/c1-26-8-10-27(11-9-26)18-5-2-16(3-6-18)13-24-25-17-4-7-19(20(22)12-17)21-14-23-15-28-21/h2-7,12-15,25H,8-11H2,1H3/b24-13+. The van der Waals surface area contributed by atoms with E-state index in [0.717, 1.165) is 52.3 Å². The molecule has 0 atom stereocenters. The highest BCUT2D eigenvalue weighted by molar-refractivity contribution is 14.1. The molecule has 0 spiro atoms. The molecular formula is C21H22IN5O. The molecule has 0 aliphatic carbocycles. The zero-order valence-corrected chi connectivity index (χ0v) is 17.8. The van der Waals surface area contributed by atoms with Crippen molar-refractivity contribution < 1.29 is 4.42 Å². The Morgan fingerprint density at radius 1 is 1.11 bits per heavy atom. The minimum absolute atomic E-state index is 0.764. The molecule has 4 rings (SSSR count). The molecule has 1 aliphatic heterocycles. The molecule has 0 bridgehead atoms. The van der Waals surface area contributed by atoms with Crippen molar-refractivity contribution in [1.29, 1.82) is 0 Å². The summed E-state index contributed by atoms with van der Waals surface area (Å²) in [5.74, 6) is 0.764. The summed E-state index contributed by atoms with van der Waals surface area (Å²) < 4.78 is 6.44. The molecule has 2 heterocycles. The van der Waals surface area contributed by atoms with Gasteiger partial charge in [0.15, 0.2) is 12.2 Å². The van der Waals surface area contributed by atoms with Crippen LogP contribution in [-0.2, 0) is 0 Å². The third-order valence-electron chi connectivity index (χ3n) is 4.84. The average molecular weight is 487 g/mol. The number of nitrogens with zero attached hydrogens (tertiary/aromatic N) is 4. The van der Waals surface area contributed by atoms with E-state index in [2.05, 4.69) is 79.2 Å². The maximum atomic E-state index is 5.37. The number of hydrogen-bond acceptors (Lipinski definition) is 6. The summed E-state index contributed by atoms with van der Waals surface area (Å²) in [4.78, 5) is 8.76. The topological polar surface area (TPSA) is 56.9 Å². The van der Waals surface area contributed by atoms with Crippen molar-refractivity contribution in [3.63, 3.8) is 0 Å². The van der Waals surface area contributed by atoms with Gasteiger partial charge < -0.3 is 14.2 Å². The van der Waals surface area contributed by atoms with Crippen LogP contribution in [-0.4, -0.2) is 49.3 Å². The Morgan fingerprint density at radius 2 is 1.89 bits per heavy atom. The third-order valence-corrected chi connectivity index (χ3v) is 5.73. The summed E-state index contributed by atoms with van der Waals surface area (Å²) in [5, 5.41) is 4.36. The van der Waals surface area contributed by atoms with Gasteiger partial charge in [-0.3, -0.25) is 5.43 Å². The van der Waals surface area contributed by atoms with E-state index in [4.69, 9.17) is 4.42 Å². The summed E-state index contributed by atoms with van der Waals surface area (Å²) in [7, 11) is 2.17. The van der Waals surface area contributed by atoms with Crippen LogP contribution in [0.15, 0.2) is 64.6 Å². The van der Waals surface area contributed by atoms with Gasteiger partial charge in [-0.1, -0.05) is 12.1 Å². The molecule has 1 aromatic heterocycles. The minimum Gasteiger partial charge on any atom is -0.443 e. The Labute approximate surface area is 178 Å². The van der Waals surface area contributed by atoms with E-state index in [1.165, 1.54) is 12.1 Å².